The van der Waals surface area contributed by atoms with Gasteiger partial charge in [0.2, 0.25) is 5.91 Å². The largest absolute Gasteiger partial charge is 0.353 e. The molecule has 0 unspecified atom stereocenters. The number of carbonyl (C=O) groups excluding carboxylic acids is 1. The molecular weight excluding hydrogens is 360 g/mol. The standard InChI is InChI=1S/C21H27ClN4O/c1-14(2)13-19(27)25-9-11-26(12-10-25)21-15(3)16(4)23-20(24-21)17-5-7-18(22)8-6-17/h5-8,14H,9-13H2,1-4H3. The van der Waals surface area contributed by atoms with Gasteiger partial charge in [-0.3, -0.25) is 4.79 Å². The summed E-state index contributed by atoms with van der Waals surface area (Å²) in [6.45, 7) is 11.3. The fourth-order valence-corrected chi connectivity index (χ4v) is 3.42. The van der Waals surface area contributed by atoms with E-state index >= 15 is 0 Å². The summed E-state index contributed by atoms with van der Waals surface area (Å²) in [5.74, 6) is 2.32. The molecule has 0 radical (unpaired) electrons. The third-order valence-corrected chi connectivity index (χ3v) is 5.23. The van der Waals surface area contributed by atoms with Gasteiger partial charge in [-0.05, 0) is 44.0 Å². The van der Waals surface area contributed by atoms with Gasteiger partial charge in [0.15, 0.2) is 5.82 Å². The first-order valence-electron chi connectivity index (χ1n) is 9.49. The molecule has 5 nitrogen and oxygen atoms in total. The lowest BCUT2D eigenvalue weighted by molar-refractivity contribution is -0.132. The average molecular weight is 387 g/mol. The average Bonchev–Trinajstić information content (AvgIpc) is 2.64. The summed E-state index contributed by atoms with van der Waals surface area (Å²) in [7, 11) is 0. The van der Waals surface area contributed by atoms with Crippen LogP contribution in [-0.4, -0.2) is 47.0 Å². The highest BCUT2D eigenvalue weighted by molar-refractivity contribution is 6.30. The number of nitrogens with zero attached hydrogens (tertiary/aromatic N) is 4. The number of piperazine rings is 1. The van der Waals surface area contributed by atoms with Gasteiger partial charge < -0.3 is 9.80 Å². The van der Waals surface area contributed by atoms with Crippen molar-refractivity contribution in [3.05, 3.63) is 40.5 Å². The van der Waals surface area contributed by atoms with E-state index in [0.29, 0.717) is 23.2 Å². The minimum atomic E-state index is 0.252. The molecule has 1 aliphatic rings. The molecule has 2 heterocycles. The molecule has 1 fully saturated rings. The monoisotopic (exact) mass is 386 g/mol. The fourth-order valence-electron chi connectivity index (χ4n) is 3.30. The van der Waals surface area contributed by atoms with E-state index < -0.39 is 0 Å². The van der Waals surface area contributed by atoms with E-state index in [1.54, 1.807) is 0 Å². The van der Waals surface area contributed by atoms with Crippen LogP contribution in [0.4, 0.5) is 5.82 Å². The Bertz CT molecular complexity index is 812. The molecule has 1 aliphatic heterocycles. The molecule has 1 aromatic carbocycles. The molecule has 0 N–H and O–H groups in total. The van der Waals surface area contributed by atoms with Gasteiger partial charge in [0.05, 0.1) is 0 Å². The van der Waals surface area contributed by atoms with Gasteiger partial charge in [-0.1, -0.05) is 25.4 Å². The summed E-state index contributed by atoms with van der Waals surface area (Å²) in [5, 5.41) is 0.699. The quantitative estimate of drug-likeness (QED) is 0.793. The Labute approximate surface area is 166 Å². The van der Waals surface area contributed by atoms with Crippen LogP contribution >= 0.6 is 11.6 Å². The number of rotatable bonds is 4. The first-order chi connectivity index (χ1) is 12.8. The number of halogens is 1. The lowest BCUT2D eigenvalue weighted by Crippen LogP contribution is -2.49. The highest BCUT2D eigenvalue weighted by atomic mass is 35.5. The van der Waals surface area contributed by atoms with Crippen molar-refractivity contribution in [3.63, 3.8) is 0 Å². The zero-order chi connectivity index (χ0) is 19.6. The van der Waals surface area contributed by atoms with E-state index in [2.05, 4.69) is 30.7 Å². The van der Waals surface area contributed by atoms with Crippen molar-refractivity contribution in [1.29, 1.82) is 0 Å². The van der Waals surface area contributed by atoms with Crippen LogP contribution in [0.2, 0.25) is 5.02 Å². The maximum atomic E-state index is 12.3. The molecule has 1 aromatic heterocycles. The molecule has 2 aromatic rings. The number of aryl methyl sites for hydroxylation is 1. The predicted molar refractivity (Wildman–Crippen MR) is 110 cm³/mol. The Kier molecular flexibility index (Phi) is 6.00. The van der Waals surface area contributed by atoms with Gasteiger partial charge in [-0.2, -0.15) is 0 Å². The molecule has 27 heavy (non-hydrogen) atoms. The summed E-state index contributed by atoms with van der Waals surface area (Å²) in [4.78, 5) is 26.1. The Hall–Kier alpha value is -2.14. The van der Waals surface area contributed by atoms with Crippen molar-refractivity contribution in [3.8, 4) is 11.4 Å². The van der Waals surface area contributed by atoms with E-state index in [1.807, 2.05) is 36.1 Å². The van der Waals surface area contributed by atoms with Crippen molar-refractivity contribution < 1.29 is 4.79 Å². The van der Waals surface area contributed by atoms with Gasteiger partial charge >= 0.3 is 0 Å². The molecule has 0 aliphatic carbocycles. The predicted octanol–water partition coefficient (Wildman–Crippen LogP) is 4.11. The van der Waals surface area contributed by atoms with Crippen LogP contribution in [0.5, 0.6) is 0 Å². The third kappa shape index (κ3) is 4.59. The maximum Gasteiger partial charge on any atom is 0.222 e. The molecular formula is C21H27ClN4O. The van der Waals surface area contributed by atoms with Gasteiger partial charge in [0.25, 0.3) is 0 Å². The highest BCUT2D eigenvalue weighted by Gasteiger charge is 2.24. The molecule has 0 atom stereocenters. The summed E-state index contributed by atoms with van der Waals surface area (Å²) in [6, 6.07) is 7.60. The van der Waals surface area contributed by atoms with Gasteiger partial charge in [0, 0.05) is 54.4 Å². The van der Waals surface area contributed by atoms with Crippen molar-refractivity contribution in [1.82, 2.24) is 14.9 Å². The Morgan fingerprint density at radius 1 is 1.07 bits per heavy atom. The first kappa shape index (κ1) is 19.6. The zero-order valence-electron chi connectivity index (χ0n) is 16.5. The van der Waals surface area contributed by atoms with E-state index in [9.17, 15) is 4.79 Å². The summed E-state index contributed by atoms with van der Waals surface area (Å²) >= 11 is 6.00. The van der Waals surface area contributed by atoms with E-state index in [1.165, 1.54) is 0 Å². The summed E-state index contributed by atoms with van der Waals surface area (Å²) < 4.78 is 0. The molecule has 0 saturated carbocycles. The number of anilines is 1. The van der Waals surface area contributed by atoms with Crippen molar-refractivity contribution in [2.75, 3.05) is 31.1 Å². The second-order valence-corrected chi connectivity index (χ2v) is 7.99. The maximum absolute atomic E-state index is 12.3. The SMILES string of the molecule is Cc1nc(-c2ccc(Cl)cc2)nc(N2CCN(C(=O)CC(C)C)CC2)c1C. The normalized spacial score (nSPS) is 14.7. The Morgan fingerprint density at radius 2 is 1.70 bits per heavy atom. The molecule has 1 saturated heterocycles. The van der Waals surface area contributed by atoms with E-state index in [-0.39, 0.29) is 5.91 Å². The summed E-state index contributed by atoms with van der Waals surface area (Å²) in [6.07, 6.45) is 0.617. The van der Waals surface area contributed by atoms with Crippen LogP contribution in [-0.2, 0) is 4.79 Å². The van der Waals surface area contributed by atoms with Gasteiger partial charge in [-0.15, -0.1) is 0 Å². The number of hydrogen-bond donors (Lipinski definition) is 0. The molecule has 3 rings (SSSR count). The van der Waals surface area contributed by atoms with Crippen molar-refractivity contribution >= 4 is 23.3 Å². The fraction of sp³-hybridized carbons (Fsp3) is 0.476. The van der Waals surface area contributed by atoms with Crippen LogP contribution in [0.25, 0.3) is 11.4 Å². The molecule has 0 spiro atoms. The van der Waals surface area contributed by atoms with Crippen LogP contribution < -0.4 is 4.90 Å². The smallest absolute Gasteiger partial charge is 0.222 e. The van der Waals surface area contributed by atoms with Gasteiger partial charge in [0.1, 0.15) is 5.82 Å². The number of carbonyl (C=O) groups is 1. The lowest BCUT2D eigenvalue weighted by atomic mass is 10.1. The topological polar surface area (TPSA) is 49.3 Å². The van der Waals surface area contributed by atoms with Crippen LogP contribution in [0, 0.1) is 19.8 Å². The van der Waals surface area contributed by atoms with Crippen LogP contribution in [0.1, 0.15) is 31.5 Å². The second-order valence-electron chi connectivity index (χ2n) is 7.55. The number of aromatic nitrogens is 2. The van der Waals surface area contributed by atoms with E-state index in [0.717, 1.165) is 48.8 Å². The van der Waals surface area contributed by atoms with Crippen molar-refractivity contribution in [2.45, 2.75) is 34.1 Å². The van der Waals surface area contributed by atoms with Crippen molar-refractivity contribution in [2.24, 2.45) is 5.92 Å². The number of hydrogen-bond acceptors (Lipinski definition) is 4. The molecule has 144 valence electrons. The lowest BCUT2D eigenvalue weighted by Gasteiger charge is -2.36. The molecule has 1 amide bonds. The van der Waals surface area contributed by atoms with E-state index in [4.69, 9.17) is 16.6 Å². The molecule has 6 heteroatoms. The number of benzene rings is 1. The third-order valence-electron chi connectivity index (χ3n) is 4.98. The minimum absolute atomic E-state index is 0.252. The Morgan fingerprint density at radius 3 is 2.30 bits per heavy atom. The van der Waals surface area contributed by atoms with Crippen LogP contribution in [0.15, 0.2) is 24.3 Å². The number of amides is 1. The minimum Gasteiger partial charge on any atom is -0.353 e. The van der Waals surface area contributed by atoms with Crippen LogP contribution in [0.3, 0.4) is 0 Å². The Balaban J connectivity index is 1.79. The second kappa shape index (κ2) is 8.26. The highest BCUT2D eigenvalue weighted by Crippen LogP contribution is 2.26. The summed E-state index contributed by atoms with van der Waals surface area (Å²) in [5.41, 5.74) is 3.02. The van der Waals surface area contributed by atoms with Gasteiger partial charge in [-0.25, -0.2) is 9.97 Å². The first-order valence-corrected chi connectivity index (χ1v) is 9.87. The molecule has 0 bridgehead atoms. The zero-order valence-corrected chi connectivity index (χ0v) is 17.3.